The van der Waals surface area contributed by atoms with Gasteiger partial charge in [0.2, 0.25) is 5.76 Å². The Kier molecular flexibility index (Phi) is 6.71. The molecule has 5 nitrogen and oxygen atoms in total. The fourth-order valence-electron chi connectivity index (χ4n) is 2.05. The van der Waals surface area contributed by atoms with Crippen LogP contribution in [0.3, 0.4) is 0 Å². The van der Waals surface area contributed by atoms with Crippen LogP contribution in [-0.2, 0) is 21.0 Å². The van der Waals surface area contributed by atoms with Crippen molar-refractivity contribution in [3.63, 3.8) is 0 Å². The van der Waals surface area contributed by atoms with Crippen LogP contribution in [0, 0.1) is 5.82 Å². The number of methoxy groups -OCH3 is 1. The number of rotatable bonds is 8. The van der Waals surface area contributed by atoms with Crippen LogP contribution in [0.2, 0.25) is 0 Å². The molecule has 0 N–H and O–H groups in total. The third-order valence-corrected chi connectivity index (χ3v) is 3.30. The van der Waals surface area contributed by atoms with Gasteiger partial charge in [-0.1, -0.05) is 35.5 Å². The van der Waals surface area contributed by atoms with Crippen LogP contribution >= 0.6 is 0 Å². The van der Waals surface area contributed by atoms with Crippen LogP contribution < -0.4 is 4.74 Å². The Morgan fingerprint density at radius 1 is 1.20 bits per heavy atom. The van der Waals surface area contributed by atoms with Crippen LogP contribution in [0.5, 0.6) is 5.75 Å². The predicted molar refractivity (Wildman–Crippen MR) is 92.4 cm³/mol. The number of carbonyl (C=O) groups is 1. The van der Waals surface area contributed by atoms with Crippen molar-refractivity contribution in [3.8, 4) is 5.75 Å². The second-order valence-electron chi connectivity index (χ2n) is 4.99. The fourth-order valence-corrected chi connectivity index (χ4v) is 2.05. The summed E-state index contributed by atoms with van der Waals surface area (Å²) in [6.07, 6.45) is 1.38. The molecule has 0 saturated heterocycles. The van der Waals surface area contributed by atoms with E-state index in [0.717, 1.165) is 11.8 Å². The molecule has 0 aliphatic carbocycles. The van der Waals surface area contributed by atoms with Crippen molar-refractivity contribution < 1.29 is 23.5 Å². The summed E-state index contributed by atoms with van der Waals surface area (Å²) in [6.45, 7) is 1.91. The number of hydrogen-bond donors (Lipinski definition) is 0. The molecule has 6 heteroatoms. The van der Waals surface area contributed by atoms with E-state index in [1.165, 1.54) is 25.3 Å². The number of halogens is 1. The average Bonchev–Trinajstić information content (AvgIpc) is 2.65. The molecule has 0 unspecified atom stereocenters. The largest absolute Gasteiger partial charge is 0.497 e. The van der Waals surface area contributed by atoms with Crippen molar-refractivity contribution in [2.75, 3.05) is 7.11 Å². The van der Waals surface area contributed by atoms with Crippen LogP contribution in [-0.4, -0.2) is 19.6 Å². The third kappa shape index (κ3) is 5.17. The molecular formula is C19H18FNO4. The van der Waals surface area contributed by atoms with Gasteiger partial charge in [-0.2, -0.15) is 0 Å². The number of hydrogen-bond acceptors (Lipinski definition) is 5. The molecule has 0 saturated carbocycles. The minimum Gasteiger partial charge on any atom is -0.497 e. The first-order chi connectivity index (χ1) is 12.2. The highest BCUT2D eigenvalue weighted by atomic mass is 19.1. The molecule has 2 aromatic carbocycles. The molecule has 25 heavy (non-hydrogen) atoms. The van der Waals surface area contributed by atoms with E-state index in [9.17, 15) is 9.18 Å². The number of benzene rings is 2. The molecule has 0 atom stereocenters. The van der Waals surface area contributed by atoms with Crippen molar-refractivity contribution >= 4 is 18.3 Å². The molecule has 0 aliphatic rings. The Morgan fingerprint density at radius 3 is 2.64 bits per heavy atom. The summed E-state index contributed by atoms with van der Waals surface area (Å²) < 4.78 is 25.0. The fraction of sp³-hybridized carbons (Fsp3) is 0.158. The molecule has 2 rings (SSSR count). The van der Waals surface area contributed by atoms with E-state index in [0.29, 0.717) is 17.8 Å². The topological polar surface area (TPSA) is 57.1 Å². The highest BCUT2D eigenvalue weighted by Gasteiger charge is 2.16. The zero-order valence-corrected chi connectivity index (χ0v) is 13.9. The number of allylic oxidation sites excluding steroid dienone is 1. The van der Waals surface area contributed by atoms with Gasteiger partial charge in [-0.25, -0.2) is 4.39 Å². The first kappa shape index (κ1) is 18.2. The molecule has 0 fully saturated rings. The van der Waals surface area contributed by atoms with Gasteiger partial charge < -0.3 is 14.3 Å². The Balaban J connectivity index is 2.33. The lowest BCUT2D eigenvalue weighted by Crippen LogP contribution is -2.00. The second kappa shape index (κ2) is 9.22. The van der Waals surface area contributed by atoms with Gasteiger partial charge in [0.05, 0.1) is 12.7 Å². The summed E-state index contributed by atoms with van der Waals surface area (Å²) in [7, 11) is 1.48. The maximum atomic E-state index is 14.2. The molecule has 0 bridgehead atoms. The first-order valence-electron chi connectivity index (χ1n) is 7.51. The van der Waals surface area contributed by atoms with E-state index in [-0.39, 0.29) is 17.9 Å². The standard InChI is InChI=1S/C19H18FNO4/c1-14(24-13-15-6-4-3-5-7-15)19(25-21-10-11-22)17-12-16(23-2)8-9-18(17)20/h3-12H,13H2,1-2H3/b19-14+,21-10+. The Labute approximate surface area is 145 Å². The molecule has 0 aliphatic heterocycles. The van der Waals surface area contributed by atoms with E-state index in [1.807, 2.05) is 30.3 Å². The summed E-state index contributed by atoms with van der Waals surface area (Å²) in [4.78, 5) is 15.6. The van der Waals surface area contributed by atoms with Gasteiger partial charge in [-0.05, 0) is 30.7 Å². The van der Waals surface area contributed by atoms with Crippen molar-refractivity contribution in [1.82, 2.24) is 0 Å². The number of oxime groups is 1. The monoisotopic (exact) mass is 343 g/mol. The van der Waals surface area contributed by atoms with Crippen molar-refractivity contribution in [1.29, 1.82) is 0 Å². The molecule has 0 spiro atoms. The maximum absolute atomic E-state index is 14.2. The van der Waals surface area contributed by atoms with Gasteiger partial charge in [0.25, 0.3) is 0 Å². The quantitative estimate of drug-likeness (QED) is 0.315. The second-order valence-corrected chi connectivity index (χ2v) is 4.99. The van der Waals surface area contributed by atoms with Crippen LogP contribution in [0.1, 0.15) is 18.1 Å². The first-order valence-corrected chi connectivity index (χ1v) is 7.51. The Hall–Kier alpha value is -3.15. The van der Waals surface area contributed by atoms with E-state index in [2.05, 4.69) is 5.16 Å². The zero-order valence-electron chi connectivity index (χ0n) is 13.9. The highest BCUT2D eigenvalue weighted by Crippen LogP contribution is 2.28. The van der Waals surface area contributed by atoms with E-state index in [1.54, 1.807) is 6.92 Å². The van der Waals surface area contributed by atoms with Crippen molar-refractivity contribution in [2.45, 2.75) is 13.5 Å². The average molecular weight is 343 g/mol. The molecule has 0 radical (unpaired) electrons. The van der Waals surface area contributed by atoms with Gasteiger partial charge in [0, 0.05) is 0 Å². The van der Waals surface area contributed by atoms with Crippen molar-refractivity contribution in [2.24, 2.45) is 5.16 Å². The Morgan fingerprint density at radius 2 is 1.96 bits per heavy atom. The van der Waals surface area contributed by atoms with E-state index >= 15 is 0 Å². The minimum absolute atomic E-state index is 0.0606. The molecule has 0 heterocycles. The van der Waals surface area contributed by atoms with Gasteiger partial charge in [-0.3, -0.25) is 4.79 Å². The van der Waals surface area contributed by atoms with E-state index < -0.39 is 5.82 Å². The van der Waals surface area contributed by atoms with Gasteiger partial charge in [0.1, 0.15) is 30.1 Å². The van der Waals surface area contributed by atoms with Gasteiger partial charge in [-0.15, -0.1) is 0 Å². The number of ether oxygens (including phenoxy) is 2. The summed E-state index contributed by atoms with van der Waals surface area (Å²) in [5, 5.41) is 3.50. The third-order valence-electron chi connectivity index (χ3n) is 3.30. The lowest BCUT2D eigenvalue weighted by Gasteiger charge is -2.13. The van der Waals surface area contributed by atoms with Gasteiger partial charge in [0.15, 0.2) is 6.29 Å². The summed E-state index contributed by atoms with van der Waals surface area (Å²) in [5.74, 6) is 0.303. The number of aldehydes is 1. The maximum Gasteiger partial charge on any atom is 0.205 e. The lowest BCUT2D eigenvalue weighted by atomic mass is 10.1. The lowest BCUT2D eigenvalue weighted by molar-refractivity contribution is -0.102. The molecule has 2 aromatic rings. The Bertz CT molecular complexity index is 772. The SMILES string of the molecule is COc1ccc(F)c(/C(O/N=C/C=O)=C(/C)OCc2ccccc2)c1. The molecule has 0 aromatic heterocycles. The predicted octanol–water partition coefficient (Wildman–Crippen LogP) is 3.94. The van der Waals surface area contributed by atoms with Crippen LogP contribution in [0.25, 0.3) is 5.76 Å². The molecule has 0 amide bonds. The number of carbonyl (C=O) groups excluding carboxylic acids is 1. The number of nitrogens with zero attached hydrogens (tertiary/aromatic N) is 1. The smallest absolute Gasteiger partial charge is 0.205 e. The summed E-state index contributed by atoms with van der Waals surface area (Å²) in [5.41, 5.74) is 1.07. The zero-order chi connectivity index (χ0) is 18.1. The van der Waals surface area contributed by atoms with Crippen LogP contribution in [0.4, 0.5) is 4.39 Å². The summed E-state index contributed by atoms with van der Waals surface area (Å²) >= 11 is 0. The van der Waals surface area contributed by atoms with Crippen molar-refractivity contribution in [3.05, 3.63) is 71.2 Å². The van der Waals surface area contributed by atoms with Crippen LogP contribution in [0.15, 0.2) is 59.4 Å². The summed E-state index contributed by atoms with van der Waals surface area (Å²) in [6, 6.07) is 13.7. The highest BCUT2D eigenvalue weighted by molar-refractivity contribution is 6.12. The normalized spacial score (nSPS) is 11.8. The molecule has 130 valence electrons. The van der Waals surface area contributed by atoms with Gasteiger partial charge >= 0.3 is 0 Å². The minimum atomic E-state index is -0.528. The molecular weight excluding hydrogens is 325 g/mol. The van der Waals surface area contributed by atoms with E-state index in [4.69, 9.17) is 14.3 Å².